The Kier molecular flexibility index (Phi) is 4.45. The monoisotopic (exact) mass is 216 g/mol. The van der Waals surface area contributed by atoms with Crippen molar-refractivity contribution in [3.63, 3.8) is 0 Å². The maximum Gasteiger partial charge on any atom is 0.0844 e. The van der Waals surface area contributed by atoms with Crippen LogP contribution in [0.2, 0.25) is 39.3 Å². The van der Waals surface area contributed by atoms with Crippen LogP contribution in [0.4, 0.5) is 0 Å². The molecule has 0 unspecified atom stereocenters. The molecule has 0 bridgehead atoms. The van der Waals surface area contributed by atoms with Gasteiger partial charge in [-0.3, -0.25) is 0 Å². The zero-order valence-corrected chi connectivity index (χ0v) is 12.2. The zero-order valence-electron chi connectivity index (χ0n) is 10.2. The van der Waals surface area contributed by atoms with Crippen LogP contribution in [0.3, 0.4) is 0 Å². The minimum atomic E-state index is -1.16. The molecule has 0 rings (SSSR count). The van der Waals surface area contributed by atoms with Gasteiger partial charge in [-0.05, 0) is 6.92 Å². The highest BCUT2D eigenvalue weighted by molar-refractivity contribution is 7.04. The first kappa shape index (κ1) is 13.0. The quantitative estimate of drug-likeness (QED) is 0.515. The molecule has 78 valence electrons. The number of ether oxygens (including phenoxy) is 1. The van der Waals surface area contributed by atoms with Crippen molar-refractivity contribution in [3.05, 3.63) is 11.1 Å². The normalized spacial score (nSPS) is 12.5. The number of hydrogen-bond donors (Lipinski definition) is 0. The maximum atomic E-state index is 5.46. The van der Waals surface area contributed by atoms with E-state index in [0.29, 0.717) is 0 Å². The summed E-state index contributed by atoms with van der Waals surface area (Å²) in [7, 11) is -2.32. The van der Waals surface area contributed by atoms with E-state index in [1.54, 1.807) is 4.82 Å². The Hall–Kier alpha value is -0.0262. The minimum Gasteiger partial charge on any atom is -0.502 e. The van der Waals surface area contributed by atoms with E-state index in [9.17, 15) is 0 Å². The molecule has 0 radical (unpaired) electrons. The average molecular weight is 216 g/mol. The van der Waals surface area contributed by atoms with Gasteiger partial charge in [0.05, 0.1) is 29.0 Å². The van der Waals surface area contributed by atoms with Crippen LogP contribution < -0.4 is 0 Å². The lowest BCUT2D eigenvalue weighted by molar-refractivity contribution is 0.268. The Bertz CT molecular complexity index is 168. The van der Waals surface area contributed by atoms with Gasteiger partial charge in [0.25, 0.3) is 0 Å². The second kappa shape index (κ2) is 4.46. The molecule has 0 aromatic heterocycles. The Morgan fingerprint density at radius 3 is 1.62 bits per heavy atom. The molecule has 0 aliphatic heterocycles. The molecular weight excluding hydrogens is 192 g/mol. The molecule has 0 saturated carbocycles. The van der Waals surface area contributed by atoms with E-state index < -0.39 is 16.1 Å². The standard InChI is InChI=1S/C10H24OSi2/c1-8-11-9-10(12(2,3)4)13(5,6)7/h9H,8H2,1-7H3. The van der Waals surface area contributed by atoms with Gasteiger partial charge in [0, 0.05) is 0 Å². The first-order chi connectivity index (χ1) is 5.69. The van der Waals surface area contributed by atoms with Crippen LogP contribution in [0.5, 0.6) is 0 Å². The average Bonchev–Trinajstić information content (AvgIpc) is 1.81. The lowest BCUT2D eigenvalue weighted by Gasteiger charge is -2.30. The highest BCUT2D eigenvalue weighted by Gasteiger charge is 2.31. The molecule has 0 atom stereocenters. The molecule has 0 aromatic carbocycles. The van der Waals surface area contributed by atoms with Crippen LogP contribution in [-0.4, -0.2) is 22.8 Å². The van der Waals surface area contributed by atoms with Crippen molar-refractivity contribution in [1.82, 2.24) is 0 Å². The Morgan fingerprint density at radius 2 is 1.38 bits per heavy atom. The summed E-state index contributed by atoms with van der Waals surface area (Å²) in [6.07, 6.45) is 2.05. The van der Waals surface area contributed by atoms with Crippen LogP contribution in [0, 0.1) is 0 Å². The molecule has 0 heterocycles. The Morgan fingerprint density at radius 1 is 1.00 bits per heavy atom. The van der Waals surface area contributed by atoms with Crippen molar-refractivity contribution in [1.29, 1.82) is 0 Å². The van der Waals surface area contributed by atoms with Crippen molar-refractivity contribution < 1.29 is 4.74 Å². The third kappa shape index (κ3) is 4.67. The molecular formula is C10H24OSi2. The summed E-state index contributed by atoms with van der Waals surface area (Å²) in [4.78, 5) is 1.64. The van der Waals surface area contributed by atoms with Crippen LogP contribution >= 0.6 is 0 Å². The van der Waals surface area contributed by atoms with Crippen LogP contribution in [0.25, 0.3) is 0 Å². The largest absolute Gasteiger partial charge is 0.502 e. The summed E-state index contributed by atoms with van der Waals surface area (Å²) < 4.78 is 5.46. The zero-order chi connectivity index (χ0) is 10.7. The number of rotatable bonds is 4. The van der Waals surface area contributed by atoms with Crippen molar-refractivity contribution in [3.8, 4) is 0 Å². The van der Waals surface area contributed by atoms with E-state index in [2.05, 4.69) is 45.5 Å². The molecule has 0 aliphatic carbocycles. The minimum absolute atomic E-state index is 0.790. The van der Waals surface area contributed by atoms with E-state index in [4.69, 9.17) is 4.74 Å². The second-order valence-electron chi connectivity index (χ2n) is 5.49. The first-order valence-electron chi connectivity index (χ1n) is 5.02. The lowest BCUT2D eigenvalue weighted by Crippen LogP contribution is -2.40. The first-order valence-corrected chi connectivity index (χ1v) is 12.0. The summed E-state index contributed by atoms with van der Waals surface area (Å²) in [5, 5.41) is 0. The molecule has 3 heteroatoms. The fourth-order valence-corrected chi connectivity index (χ4v) is 11.5. The smallest absolute Gasteiger partial charge is 0.0844 e. The fourth-order valence-electron chi connectivity index (χ4n) is 1.65. The van der Waals surface area contributed by atoms with E-state index in [0.717, 1.165) is 6.61 Å². The third-order valence-electron chi connectivity index (χ3n) is 1.98. The molecule has 0 N–H and O–H groups in total. The van der Waals surface area contributed by atoms with Crippen molar-refractivity contribution in [2.45, 2.75) is 46.2 Å². The Labute approximate surface area is 85.2 Å². The van der Waals surface area contributed by atoms with Crippen molar-refractivity contribution in [2.24, 2.45) is 0 Å². The molecule has 0 saturated heterocycles. The van der Waals surface area contributed by atoms with Gasteiger partial charge >= 0.3 is 0 Å². The van der Waals surface area contributed by atoms with E-state index in [-0.39, 0.29) is 0 Å². The molecule has 0 aliphatic rings. The van der Waals surface area contributed by atoms with Gasteiger partial charge in [0.15, 0.2) is 0 Å². The molecule has 0 aromatic rings. The number of hydrogen-bond acceptors (Lipinski definition) is 1. The van der Waals surface area contributed by atoms with Gasteiger partial charge in [-0.1, -0.05) is 44.1 Å². The van der Waals surface area contributed by atoms with Crippen LogP contribution in [-0.2, 0) is 4.74 Å². The highest BCUT2D eigenvalue weighted by Crippen LogP contribution is 2.25. The summed E-state index contributed by atoms with van der Waals surface area (Å²) in [5.74, 6) is 0. The topological polar surface area (TPSA) is 9.23 Å². The summed E-state index contributed by atoms with van der Waals surface area (Å²) in [6.45, 7) is 17.2. The molecule has 0 fully saturated rings. The lowest BCUT2D eigenvalue weighted by atomic mass is 10.9. The summed E-state index contributed by atoms with van der Waals surface area (Å²) >= 11 is 0. The third-order valence-corrected chi connectivity index (χ3v) is 9.95. The van der Waals surface area contributed by atoms with Crippen molar-refractivity contribution >= 4 is 16.1 Å². The molecule has 0 spiro atoms. The van der Waals surface area contributed by atoms with Gasteiger partial charge in [0.2, 0.25) is 0 Å². The van der Waals surface area contributed by atoms with E-state index in [1.807, 2.05) is 6.92 Å². The van der Waals surface area contributed by atoms with E-state index in [1.165, 1.54) is 0 Å². The highest BCUT2D eigenvalue weighted by atomic mass is 28.4. The SMILES string of the molecule is CCOC=C([Si](C)(C)C)[Si](C)(C)C. The van der Waals surface area contributed by atoms with Gasteiger partial charge in [-0.15, -0.1) is 0 Å². The molecule has 13 heavy (non-hydrogen) atoms. The van der Waals surface area contributed by atoms with Gasteiger partial charge < -0.3 is 4.74 Å². The molecule has 1 nitrogen and oxygen atoms in total. The predicted molar refractivity (Wildman–Crippen MR) is 66.4 cm³/mol. The van der Waals surface area contributed by atoms with Gasteiger partial charge in [-0.2, -0.15) is 0 Å². The second-order valence-corrected chi connectivity index (χ2v) is 16.1. The Balaban J connectivity index is 4.78. The van der Waals surface area contributed by atoms with Gasteiger partial charge in [-0.25, -0.2) is 0 Å². The molecule has 0 amide bonds. The van der Waals surface area contributed by atoms with Crippen LogP contribution in [0.15, 0.2) is 11.1 Å². The van der Waals surface area contributed by atoms with Gasteiger partial charge in [0.1, 0.15) is 0 Å². The van der Waals surface area contributed by atoms with Crippen LogP contribution in [0.1, 0.15) is 6.92 Å². The van der Waals surface area contributed by atoms with Crippen molar-refractivity contribution in [2.75, 3.05) is 6.61 Å². The van der Waals surface area contributed by atoms with E-state index >= 15 is 0 Å². The fraction of sp³-hybridized carbons (Fsp3) is 0.800. The maximum absolute atomic E-state index is 5.46. The summed E-state index contributed by atoms with van der Waals surface area (Å²) in [5.41, 5.74) is 0. The predicted octanol–water partition coefficient (Wildman–Crippen LogP) is 3.66. The summed E-state index contributed by atoms with van der Waals surface area (Å²) in [6, 6.07) is 0.